The Labute approximate surface area is 146 Å². The summed E-state index contributed by atoms with van der Waals surface area (Å²) in [5.74, 6) is 0.820. The summed E-state index contributed by atoms with van der Waals surface area (Å²) >= 11 is 7.39. The predicted octanol–water partition coefficient (Wildman–Crippen LogP) is 4.49. The lowest BCUT2D eigenvalue weighted by molar-refractivity contribution is 0.192. The molecule has 1 atom stereocenters. The van der Waals surface area contributed by atoms with Gasteiger partial charge in [-0.15, -0.1) is 11.3 Å². The number of hydrogen-bond acceptors (Lipinski definition) is 3. The minimum Gasteiger partial charge on any atom is -0.492 e. The van der Waals surface area contributed by atoms with Crippen LogP contribution < -0.4 is 10.1 Å². The third kappa shape index (κ3) is 5.44. The lowest BCUT2D eigenvalue weighted by atomic mass is 10.2. The lowest BCUT2D eigenvalue weighted by Gasteiger charge is -2.21. The summed E-state index contributed by atoms with van der Waals surface area (Å²) < 4.78 is 6.39. The number of benzene rings is 1. The van der Waals surface area contributed by atoms with Gasteiger partial charge in [-0.05, 0) is 43.7 Å². The molecule has 2 rings (SSSR count). The molecule has 124 valence electrons. The van der Waals surface area contributed by atoms with Crippen LogP contribution in [0.1, 0.15) is 23.4 Å². The Morgan fingerprint density at radius 3 is 2.83 bits per heavy atom. The van der Waals surface area contributed by atoms with Crippen molar-refractivity contribution in [2.24, 2.45) is 0 Å². The van der Waals surface area contributed by atoms with Crippen molar-refractivity contribution in [1.82, 2.24) is 10.2 Å². The fourth-order valence-electron chi connectivity index (χ4n) is 2.03. The Balaban J connectivity index is 1.76. The maximum Gasteiger partial charge on any atom is 0.317 e. The number of amides is 2. The Morgan fingerprint density at radius 2 is 2.17 bits per heavy atom. The zero-order valence-corrected chi connectivity index (χ0v) is 15.1. The Morgan fingerprint density at radius 1 is 1.39 bits per heavy atom. The smallest absolute Gasteiger partial charge is 0.317 e. The molecule has 4 nitrogen and oxygen atoms in total. The number of aryl methyl sites for hydroxylation is 1. The summed E-state index contributed by atoms with van der Waals surface area (Å²) in [5.41, 5.74) is 1.15. The summed E-state index contributed by atoms with van der Waals surface area (Å²) in [4.78, 5) is 14.8. The largest absolute Gasteiger partial charge is 0.492 e. The average Bonchev–Trinajstić information content (AvgIpc) is 2.94. The second-order valence-corrected chi connectivity index (χ2v) is 7.15. The van der Waals surface area contributed by atoms with Crippen LogP contribution in [0.3, 0.4) is 0 Å². The molecule has 0 saturated carbocycles. The number of rotatable bonds is 6. The van der Waals surface area contributed by atoms with Gasteiger partial charge >= 0.3 is 6.03 Å². The van der Waals surface area contributed by atoms with E-state index in [0.29, 0.717) is 13.2 Å². The van der Waals surface area contributed by atoms with Crippen LogP contribution in [0.5, 0.6) is 5.75 Å². The SMILES string of the molecule is Cc1cccc(OCCN(C)C(=O)NC(C)c2ccc(Cl)s2)c1. The number of hydrogen-bond donors (Lipinski definition) is 1. The van der Waals surface area contributed by atoms with E-state index in [0.717, 1.165) is 20.5 Å². The molecule has 2 aromatic rings. The molecule has 0 aliphatic rings. The van der Waals surface area contributed by atoms with Crippen molar-refractivity contribution in [2.45, 2.75) is 19.9 Å². The van der Waals surface area contributed by atoms with Crippen LogP contribution in [0, 0.1) is 6.92 Å². The first-order valence-electron chi connectivity index (χ1n) is 7.42. The molecule has 0 aliphatic carbocycles. The van der Waals surface area contributed by atoms with Crippen molar-refractivity contribution >= 4 is 29.0 Å². The highest BCUT2D eigenvalue weighted by Gasteiger charge is 2.14. The number of nitrogens with one attached hydrogen (secondary N) is 1. The molecule has 1 heterocycles. The first-order chi connectivity index (χ1) is 11.0. The van der Waals surface area contributed by atoms with E-state index in [-0.39, 0.29) is 12.1 Å². The monoisotopic (exact) mass is 352 g/mol. The van der Waals surface area contributed by atoms with E-state index < -0.39 is 0 Å². The van der Waals surface area contributed by atoms with E-state index in [1.165, 1.54) is 11.3 Å². The van der Waals surface area contributed by atoms with Gasteiger partial charge in [0.2, 0.25) is 0 Å². The van der Waals surface area contributed by atoms with Gasteiger partial charge in [0.25, 0.3) is 0 Å². The molecule has 0 spiro atoms. The summed E-state index contributed by atoms with van der Waals surface area (Å²) in [6, 6.07) is 11.4. The molecule has 0 fully saturated rings. The van der Waals surface area contributed by atoms with Gasteiger partial charge in [-0.1, -0.05) is 23.7 Å². The summed E-state index contributed by atoms with van der Waals surface area (Å²) in [5, 5.41) is 2.95. The van der Waals surface area contributed by atoms with Crippen LogP contribution >= 0.6 is 22.9 Å². The van der Waals surface area contributed by atoms with Gasteiger partial charge in [0.05, 0.1) is 16.9 Å². The van der Waals surface area contributed by atoms with E-state index in [2.05, 4.69) is 5.32 Å². The first-order valence-corrected chi connectivity index (χ1v) is 8.61. The van der Waals surface area contributed by atoms with Gasteiger partial charge in [0.1, 0.15) is 12.4 Å². The van der Waals surface area contributed by atoms with Crippen LogP contribution in [-0.2, 0) is 0 Å². The van der Waals surface area contributed by atoms with Crippen molar-refractivity contribution in [3.8, 4) is 5.75 Å². The quantitative estimate of drug-likeness (QED) is 0.832. The molecule has 23 heavy (non-hydrogen) atoms. The molecular formula is C17H21ClN2O2S. The second kappa shape index (κ2) is 8.22. The van der Waals surface area contributed by atoms with Crippen molar-refractivity contribution in [1.29, 1.82) is 0 Å². The molecule has 0 saturated heterocycles. The van der Waals surface area contributed by atoms with Crippen LogP contribution in [-0.4, -0.2) is 31.1 Å². The number of ether oxygens (including phenoxy) is 1. The summed E-state index contributed by atoms with van der Waals surface area (Å²) in [6.45, 7) is 4.92. The molecule has 0 radical (unpaired) electrons. The van der Waals surface area contributed by atoms with Gasteiger partial charge in [0.15, 0.2) is 0 Å². The van der Waals surface area contributed by atoms with Crippen molar-refractivity contribution in [3.05, 3.63) is 51.2 Å². The topological polar surface area (TPSA) is 41.6 Å². The maximum absolute atomic E-state index is 12.2. The minimum absolute atomic E-state index is 0.0693. The highest BCUT2D eigenvalue weighted by Crippen LogP contribution is 2.26. The fourth-order valence-corrected chi connectivity index (χ4v) is 3.10. The van der Waals surface area contributed by atoms with E-state index >= 15 is 0 Å². The van der Waals surface area contributed by atoms with Crippen molar-refractivity contribution in [3.63, 3.8) is 0 Å². The summed E-state index contributed by atoms with van der Waals surface area (Å²) in [7, 11) is 1.75. The first kappa shape index (κ1) is 17.6. The minimum atomic E-state index is -0.130. The van der Waals surface area contributed by atoms with Gasteiger partial charge in [-0.3, -0.25) is 0 Å². The van der Waals surface area contributed by atoms with E-state index in [4.69, 9.17) is 16.3 Å². The van der Waals surface area contributed by atoms with Crippen molar-refractivity contribution in [2.75, 3.05) is 20.2 Å². The van der Waals surface area contributed by atoms with E-state index in [1.54, 1.807) is 11.9 Å². The van der Waals surface area contributed by atoms with Crippen LogP contribution in [0.2, 0.25) is 4.34 Å². The van der Waals surface area contributed by atoms with Crippen LogP contribution in [0.15, 0.2) is 36.4 Å². The molecule has 1 aromatic carbocycles. The molecule has 0 bridgehead atoms. The van der Waals surface area contributed by atoms with Crippen LogP contribution in [0.4, 0.5) is 4.79 Å². The van der Waals surface area contributed by atoms with Gasteiger partial charge < -0.3 is 15.0 Å². The third-order valence-corrected chi connectivity index (χ3v) is 4.81. The van der Waals surface area contributed by atoms with Crippen LogP contribution in [0.25, 0.3) is 0 Å². The third-order valence-electron chi connectivity index (χ3n) is 3.39. The zero-order valence-electron chi connectivity index (χ0n) is 13.5. The number of urea groups is 1. The molecule has 6 heteroatoms. The Hall–Kier alpha value is -1.72. The number of halogens is 1. The predicted molar refractivity (Wildman–Crippen MR) is 95.6 cm³/mol. The normalized spacial score (nSPS) is 11.8. The zero-order chi connectivity index (χ0) is 16.8. The maximum atomic E-state index is 12.2. The number of carbonyl (C=O) groups is 1. The van der Waals surface area contributed by atoms with Gasteiger partial charge in [-0.25, -0.2) is 4.79 Å². The van der Waals surface area contributed by atoms with E-state index in [9.17, 15) is 4.79 Å². The second-order valence-electron chi connectivity index (χ2n) is 5.40. The standard InChI is InChI=1S/C17H21ClN2O2S/c1-12-5-4-6-14(11-12)22-10-9-20(3)17(21)19-13(2)15-7-8-16(18)23-15/h4-8,11,13H,9-10H2,1-3H3,(H,19,21). The summed E-state index contributed by atoms with van der Waals surface area (Å²) in [6.07, 6.45) is 0. The van der Waals surface area contributed by atoms with Crippen molar-refractivity contribution < 1.29 is 9.53 Å². The van der Waals surface area contributed by atoms with Gasteiger partial charge in [0, 0.05) is 11.9 Å². The number of nitrogens with zero attached hydrogens (tertiary/aromatic N) is 1. The number of carbonyl (C=O) groups excluding carboxylic acids is 1. The Bertz CT molecular complexity index is 660. The average molecular weight is 353 g/mol. The van der Waals surface area contributed by atoms with E-state index in [1.807, 2.05) is 50.2 Å². The fraction of sp³-hybridized carbons (Fsp3) is 0.353. The highest BCUT2D eigenvalue weighted by atomic mass is 35.5. The molecule has 1 N–H and O–H groups in total. The number of thiophene rings is 1. The Kier molecular flexibility index (Phi) is 6.30. The molecule has 1 unspecified atom stereocenters. The molecule has 0 aliphatic heterocycles. The van der Waals surface area contributed by atoms with Gasteiger partial charge in [-0.2, -0.15) is 0 Å². The lowest BCUT2D eigenvalue weighted by Crippen LogP contribution is -2.40. The molecular weight excluding hydrogens is 332 g/mol. The number of likely N-dealkylation sites (N-methyl/N-ethyl adjacent to an activating group) is 1. The molecule has 1 aromatic heterocycles. The molecule has 2 amide bonds. The highest BCUT2D eigenvalue weighted by molar-refractivity contribution is 7.16.